The second kappa shape index (κ2) is 11.5. The fourth-order valence-electron chi connectivity index (χ4n) is 4.17. The first-order chi connectivity index (χ1) is 17.8. The van der Waals surface area contributed by atoms with Gasteiger partial charge in [-0.3, -0.25) is 14.5 Å². The van der Waals surface area contributed by atoms with Crippen LogP contribution in [-0.2, 0) is 11.3 Å². The molecule has 0 atom stereocenters. The molecule has 9 heteroatoms. The monoisotopic (exact) mass is 507 g/mol. The highest BCUT2D eigenvalue weighted by atomic mass is 19.1. The summed E-state index contributed by atoms with van der Waals surface area (Å²) in [6.07, 6.45) is 4.74. The molecule has 3 aromatic rings. The number of carbonyl (C=O) groups is 2. The number of pyridine rings is 1. The van der Waals surface area contributed by atoms with Crippen molar-refractivity contribution in [3.63, 3.8) is 0 Å². The van der Waals surface area contributed by atoms with E-state index in [0.717, 1.165) is 31.0 Å². The van der Waals surface area contributed by atoms with Crippen molar-refractivity contribution in [2.24, 2.45) is 5.92 Å². The summed E-state index contributed by atoms with van der Waals surface area (Å²) in [6, 6.07) is 10.7. The van der Waals surface area contributed by atoms with Gasteiger partial charge in [-0.1, -0.05) is 37.3 Å². The molecule has 0 saturated heterocycles. The van der Waals surface area contributed by atoms with Crippen molar-refractivity contribution in [2.45, 2.75) is 52.6 Å². The van der Waals surface area contributed by atoms with Crippen LogP contribution in [0.2, 0.25) is 0 Å². The summed E-state index contributed by atoms with van der Waals surface area (Å²) in [6.45, 7) is 6.99. The first-order valence-corrected chi connectivity index (χ1v) is 12.8. The molecule has 0 unspecified atom stereocenters. The third-order valence-corrected chi connectivity index (χ3v) is 6.37. The van der Waals surface area contributed by atoms with Gasteiger partial charge in [0.05, 0.1) is 18.4 Å². The average Bonchev–Trinajstić information content (AvgIpc) is 3.65. The SMILES string of the molecule is CCCN(C)C(=O)c1c(N(C=O)C(C)C)nc(-c2cc(F)cnc2OCC2CC2)n1Cc1ccccc1. The Morgan fingerprint density at radius 2 is 2.00 bits per heavy atom. The second-order valence-electron chi connectivity index (χ2n) is 9.77. The van der Waals surface area contributed by atoms with Crippen LogP contribution in [0, 0.1) is 11.7 Å². The van der Waals surface area contributed by atoms with Crippen LogP contribution in [0.4, 0.5) is 10.2 Å². The summed E-state index contributed by atoms with van der Waals surface area (Å²) in [5.41, 5.74) is 1.52. The van der Waals surface area contributed by atoms with Crippen molar-refractivity contribution < 1.29 is 18.7 Å². The zero-order valence-corrected chi connectivity index (χ0v) is 21.9. The zero-order chi connectivity index (χ0) is 26.5. The molecule has 0 spiro atoms. The first kappa shape index (κ1) is 26.3. The van der Waals surface area contributed by atoms with E-state index in [9.17, 15) is 14.0 Å². The number of carbonyl (C=O) groups excluding carboxylic acids is 2. The number of anilines is 1. The van der Waals surface area contributed by atoms with Crippen molar-refractivity contribution in [1.29, 1.82) is 0 Å². The van der Waals surface area contributed by atoms with Gasteiger partial charge in [-0.05, 0) is 50.7 Å². The Kier molecular flexibility index (Phi) is 8.21. The summed E-state index contributed by atoms with van der Waals surface area (Å²) in [5, 5.41) is 0. The van der Waals surface area contributed by atoms with E-state index in [1.165, 1.54) is 11.0 Å². The lowest BCUT2D eigenvalue weighted by Crippen LogP contribution is -2.35. The van der Waals surface area contributed by atoms with Crippen LogP contribution >= 0.6 is 0 Å². The fraction of sp³-hybridized carbons (Fsp3) is 0.429. The minimum Gasteiger partial charge on any atom is -0.477 e. The van der Waals surface area contributed by atoms with Gasteiger partial charge in [0.1, 0.15) is 11.6 Å². The van der Waals surface area contributed by atoms with Crippen LogP contribution in [0.1, 0.15) is 56.1 Å². The molecule has 1 aliphatic carbocycles. The van der Waals surface area contributed by atoms with Gasteiger partial charge in [0.25, 0.3) is 5.91 Å². The largest absolute Gasteiger partial charge is 0.477 e. The van der Waals surface area contributed by atoms with E-state index in [0.29, 0.717) is 36.9 Å². The lowest BCUT2D eigenvalue weighted by molar-refractivity contribution is -0.107. The number of aromatic nitrogens is 3. The molecule has 1 aliphatic rings. The van der Waals surface area contributed by atoms with E-state index in [4.69, 9.17) is 9.72 Å². The molecular weight excluding hydrogens is 473 g/mol. The maximum Gasteiger partial charge on any atom is 0.274 e. The Morgan fingerprint density at radius 3 is 2.62 bits per heavy atom. The highest BCUT2D eigenvalue weighted by Gasteiger charge is 2.32. The molecule has 0 radical (unpaired) electrons. The van der Waals surface area contributed by atoms with Crippen LogP contribution in [0.5, 0.6) is 5.88 Å². The minimum atomic E-state index is -0.545. The molecule has 0 aliphatic heterocycles. The van der Waals surface area contributed by atoms with Crippen LogP contribution in [0.3, 0.4) is 0 Å². The summed E-state index contributed by atoms with van der Waals surface area (Å²) in [4.78, 5) is 38.1. The zero-order valence-electron chi connectivity index (χ0n) is 21.9. The van der Waals surface area contributed by atoms with E-state index in [-0.39, 0.29) is 35.9 Å². The molecule has 37 heavy (non-hydrogen) atoms. The molecular formula is C28H34FN5O3. The lowest BCUT2D eigenvalue weighted by atomic mass is 10.2. The maximum absolute atomic E-state index is 14.6. The number of nitrogens with zero attached hydrogens (tertiary/aromatic N) is 5. The van der Waals surface area contributed by atoms with Gasteiger partial charge < -0.3 is 14.2 Å². The third-order valence-electron chi connectivity index (χ3n) is 6.37. The van der Waals surface area contributed by atoms with Crippen molar-refractivity contribution in [3.05, 3.63) is 59.7 Å². The smallest absolute Gasteiger partial charge is 0.274 e. The third kappa shape index (κ3) is 5.98. The molecule has 8 nitrogen and oxygen atoms in total. The molecule has 4 rings (SSSR count). The topological polar surface area (TPSA) is 80.6 Å². The number of halogens is 1. The van der Waals surface area contributed by atoms with Crippen molar-refractivity contribution in [1.82, 2.24) is 19.4 Å². The van der Waals surface area contributed by atoms with Crippen LogP contribution < -0.4 is 9.64 Å². The van der Waals surface area contributed by atoms with E-state index in [1.54, 1.807) is 16.5 Å². The van der Waals surface area contributed by atoms with Crippen molar-refractivity contribution >= 4 is 18.1 Å². The van der Waals surface area contributed by atoms with E-state index >= 15 is 0 Å². The van der Waals surface area contributed by atoms with Gasteiger partial charge in [-0.15, -0.1) is 0 Å². The molecule has 1 aromatic carbocycles. The van der Waals surface area contributed by atoms with Crippen LogP contribution in [-0.4, -0.2) is 58.0 Å². The molecule has 2 amide bonds. The second-order valence-corrected chi connectivity index (χ2v) is 9.77. The maximum atomic E-state index is 14.6. The number of amides is 2. The van der Waals surface area contributed by atoms with Crippen LogP contribution in [0.15, 0.2) is 42.6 Å². The van der Waals surface area contributed by atoms with Gasteiger partial charge in [-0.2, -0.15) is 0 Å². The lowest BCUT2D eigenvalue weighted by Gasteiger charge is -2.23. The van der Waals surface area contributed by atoms with E-state index in [1.807, 2.05) is 51.1 Å². The molecule has 1 fully saturated rings. The predicted molar refractivity (Wildman–Crippen MR) is 140 cm³/mol. The number of hydrogen-bond acceptors (Lipinski definition) is 5. The molecule has 1 saturated carbocycles. The Labute approximate surface area is 217 Å². The van der Waals surface area contributed by atoms with Crippen molar-refractivity contribution in [3.8, 4) is 17.3 Å². The minimum absolute atomic E-state index is 0.223. The normalized spacial score (nSPS) is 13.0. The van der Waals surface area contributed by atoms with Gasteiger partial charge in [0.15, 0.2) is 11.5 Å². The highest BCUT2D eigenvalue weighted by molar-refractivity contribution is 6.00. The summed E-state index contributed by atoms with van der Waals surface area (Å²) >= 11 is 0. The number of imidazole rings is 1. The molecule has 0 N–H and O–H groups in total. The summed E-state index contributed by atoms with van der Waals surface area (Å²) in [7, 11) is 1.73. The summed E-state index contributed by atoms with van der Waals surface area (Å²) < 4.78 is 22.3. The summed E-state index contributed by atoms with van der Waals surface area (Å²) in [5.74, 6) is 0.437. The average molecular weight is 508 g/mol. The van der Waals surface area contributed by atoms with Crippen LogP contribution in [0.25, 0.3) is 11.4 Å². The standard InChI is InChI=1S/C28H34FN5O3/c1-5-13-32(4)28(36)24-26(34(18-35)19(2)3)31-25(33(24)16-20-9-7-6-8-10-20)23-14-22(29)15-30-27(23)37-17-21-11-12-21/h6-10,14-15,18-19,21H,5,11-13,16-17H2,1-4H3. The number of ether oxygens (including phenoxy) is 1. The Balaban J connectivity index is 1.96. The van der Waals surface area contributed by atoms with Gasteiger partial charge in [-0.25, -0.2) is 14.4 Å². The van der Waals surface area contributed by atoms with E-state index < -0.39 is 5.82 Å². The molecule has 2 heterocycles. The molecule has 196 valence electrons. The van der Waals surface area contributed by atoms with Crippen molar-refractivity contribution in [2.75, 3.05) is 25.1 Å². The van der Waals surface area contributed by atoms with E-state index in [2.05, 4.69) is 4.98 Å². The predicted octanol–water partition coefficient (Wildman–Crippen LogP) is 4.77. The Bertz CT molecular complexity index is 1240. The fourth-order valence-corrected chi connectivity index (χ4v) is 4.17. The Morgan fingerprint density at radius 1 is 1.27 bits per heavy atom. The Hall–Kier alpha value is -3.75. The first-order valence-electron chi connectivity index (χ1n) is 12.8. The quantitative estimate of drug-likeness (QED) is 0.330. The van der Waals surface area contributed by atoms with Gasteiger partial charge >= 0.3 is 0 Å². The van der Waals surface area contributed by atoms with Gasteiger partial charge in [0.2, 0.25) is 12.3 Å². The number of hydrogen-bond donors (Lipinski definition) is 0. The highest BCUT2D eigenvalue weighted by Crippen LogP contribution is 2.36. The number of rotatable bonds is 12. The van der Waals surface area contributed by atoms with Gasteiger partial charge in [0, 0.05) is 26.2 Å². The molecule has 0 bridgehead atoms. The number of benzene rings is 1. The molecule has 2 aromatic heterocycles.